The average molecular weight is 263 g/mol. The Morgan fingerprint density at radius 1 is 1.39 bits per heavy atom. The van der Waals surface area contributed by atoms with E-state index in [0.29, 0.717) is 16.1 Å². The van der Waals surface area contributed by atoms with Crippen LogP contribution in [0, 0.1) is 12.7 Å². The molecule has 2 rings (SSSR count). The van der Waals surface area contributed by atoms with Gasteiger partial charge >= 0.3 is 0 Å². The zero-order valence-electron chi connectivity index (χ0n) is 10.3. The van der Waals surface area contributed by atoms with Crippen LogP contribution in [-0.2, 0) is 6.42 Å². The van der Waals surface area contributed by atoms with Crippen molar-refractivity contribution in [3.8, 4) is 0 Å². The van der Waals surface area contributed by atoms with E-state index >= 15 is 0 Å². The number of thiophene rings is 1. The summed E-state index contributed by atoms with van der Waals surface area (Å²) in [5, 5.41) is 0. The van der Waals surface area contributed by atoms with Crippen molar-refractivity contribution in [3.05, 3.63) is 51.0 Å². The van der Waals surface area contributed by atoms with Gasteiger partial charge in [-0.2, -0.15) is 0 Å². The van der Waals surface area contributed by atoms with Crippen LogP contribution in [0.5, 0.6) is 0 Å². The van der Waals surface area contributed by atoms with Gasteiger partial charge in [-0.1, -0.05) is 6.92 Å². The normalized spacial score (nSPS) is 10.6. The molecule has 0 fully saturated rings. The number of carbonyl (C=O) groups is 1. The molecule has 0 saturated heterocycles. The van der Waals surface area contributed by atoms with Crippen molar-refractivity contribution in [2.24, 2.45) is 0 Å². The Balaban J connectivity index is 2.45. The Kier molecular flexibility index (Phi) is 3.48. The van der Waals surface area contributed by atoms with E-state index in [9.17, 15) is 9.18 Å². The van der Waals surface area contributed by atoms with E-state index in [1.165, 1.54) is 23.5 Å². The lowest BCUT2D eigenvalue weighted by Crippen LogP contribution is -2.05. The van der Waals surface area contributed by atoms with E-state index in [1.807, 2.05) is 13.0 Å². The second-order valence-corrected chi connectivity index (χ2v) is 5.32. The third-order valence-corrected chi connectivity index (χ3v) is 3.98. The minimum Gasteiger partial charge on any atom is -0.399 e. The average Bonchev–Trinajstić information content (AvgIpc) is 2.81. The molecule has 18 heavy (non-hydrogen) atoms. The number of nitrogens with two attached hydrogens (primary N) is 1. The molecule has 0 atom stereocenters. The molecule has 0 bridgehead atoms. The Morgan fingerprint density at radius 2 is 2.11 bits per heavy atom. The molecule has 1 aromatic carbocycles. The molecule has 1 aromatic heterocycles. The van der Waals surface area contributed by atoms with Crippen LogP contribution in [-0.4, -0.2) is 5.78 Å². The number of ketones is 1. The highest BCUT2D eigenvalue weighted by Gasteiger charge is 2.18. The minimum atomic E-state index is -0.486. The molecule has 94 valence electrons. The summed E-state index contributed by atoms with van der Waals surface area (Å²) in [6.07, 6.45) is 0.871. The first-order valence-electron chi connectivity index (χ1n) is 5.72. The van der Waals surface area contributed by atoms with E-state index < -0.39 is 5.82 Å². The number of benzene rings is 1. The Bertz CT molecular complexity index is 604. The van der Waals surface area contributed by atoms with Crippen LogP contribution in [0.15, 0.2) is 24.3 Å². The standard InChI is InChI=1S/C14H14FNOS/c1-3-10-4-5-12(18-10)14(17)11-7-9(16)6-8(2)13(11)15/h4-7H,3,16H2,1-2H3. The molecule has 0 aliphatic heterocycles. The smallest absolute Gasteiger partial charge is 0.205 e. The number of nitrogen functional groups attached to an aromatic ring is 1. The number of aryl methyl sites for hydroxylation is 2. The summed E-state index contributed by atoms with van der Waals surface area (Å²) in [7, 11) is 0. The first-order chi connectivity index (χ1) is 8.52. The maximum absolute atomic E-state index is 13.9. The van der Waals surface area contributed by atoms with Gasteiger partial charge in [-0.25, -0.2) is 4.39 Å². The second-order valence-electron chi connectivity index (χ2n) is 4.15. The highest BCUT2D eigenvalue weighted by atomic mass is 32.1. The van der Waals surface area contributed by atoms with Crippen molar-refractivity contribution >= 4 is 22.8 Å². The Morgan fingerprint density at radius 3 is 2.72 bits per heavy atom. The molecule has 4 heteroatoms. The fourth-order valence-corrected chi connectivity index (χ4v) is 2.69. The van der Waals surface area contributed by atoms with Crippen molar-refractivity contribution in [1.82, 2.24) is 0 Å². The van der Waals surface area contributed by atoms with Crippen LogP contribution in [0.4, 0.5) is 10.1 Å². The zero-order chi connectivity index (χ0) is 13.3. The summed E-state index contributed by atoms with van der Waals surface area (Å²) >= 11 is 1.40. The van der Waals surface area contributed by atoms with Crippen LogP contribution in [0.1, 0.15) is 32.6 Å². The molecule has 1 heterocycles. The lowest BCUT2D eigenvalue weighted by atomic mass is 10.0. The number of hydrogen-bond donors (Lipinski definition) is 1. The van der Waals surface area contributed by atoms with Gasteiger partial charge in [-0.3, -0.25) is 4.79 Å². The van der Waals surface area contributed by atoms with Crippen molar-refractivity contribution in [3.63, 3.8) is 0 Å². The molecule has 2 aromatic rings. The van der Waals surface area contributed by atoms with E-state index in [4.69, 9.17) is 5.73 Å². The molecule has 2 nitrogen and oxygen atoms in total. The van der Waals surface area contributed by atoms with Crippen molar-refractivity contribution in [2.45, 2.75) is 20.3 Å². The number of rotatable bonds is 3. The van der Waals surface area contributed by atoms with E-state index in [-0.39, 0.29) is 11.3 Å². The molecule has 0 saturated carbocycles. The molecule has 0 radical (unpaired) electrons. The van der Waals surface area contributed by atoms with Crippen LogP contribution in [0.25, 0.3) is 0 Å². The van der Waals surface area contributed by atoms with Gasteiger partial charge < -0.3 is 5.73 Å². The Labute approximate surface area is 109 Å². The SMILES string of the molecule is CCc1ccc(C(=O)c2cc(N)cc(C)c2F)s1. The highest BCUT2D eigenvalue weighted by molar-refractivity contribution is 7.14. The van der Waals surface area contributed by atoms with Crippen LogP contribution in [0.2, 0.25) is 0 Å². The molecule has 0 aliphatic carbocycles. The number of carbonyl (C=O) groups excluding carboxylic acids is 1. The molecular formula is C14H14FNOS. The largest absolute Gasteiger partial charge is 0.399 e. The summed E-state index contributed by atoms with van der Waals surface area (Å²) in [4.78, 5) is 13.9. The van der Waals surface area contributed by atoms with Gasteiger partial charge in [-0.15, -0.1) is 11.3 Å². The van der Waals surface area contributed by atoms with Gasteiger partial charge in [0, 0.05) is 10.6 Å². The predicted octanol–water partition coefficient (Wildman–Crippen LogP) is 3.57. The third kappa shape index (κ3) is 2.29. The lowest BCUT2D eigenvalue weighted by molar-refractivity contribution is 0.103. The predicted molar refractivity (Wildman–Crippen MR) is 72.7 cm³/mol. The first-order valence-corrected chi connectivity index (χ1v) is 6.53. The van der Waals surface area contributed by atoms with E-state index in [2.05, 4.69) is 0 Å². The van der Waals surface area contributed by atoms with Crippen molar-refractivity contribution in [2.75, 3.05) is 5.73 Å². The highest BCUT2D eigenvalue weighted by Crippen LogP contribution is 2.24. The molecule has 0 spiro atoms. The fraction of sp³-hybridized carbons (Fsp3) is 0.214. The molecule has 0 unspecified atom stereocenters. The minimum absolute atomic E-state index is 0.0528. The summed E-state index contributed by atoms with van der Waals surface area (Å²) in [6, 6.07) is 6.56. The fourth-order valence-electron chi connectivity index (χ4n) is 1.79. The summed E-state index contributed by atoms with van der Waals surface area (Å²) in [6.45, 7) is 3.62. The third-order valence-electron chi connectivity index (χ3n) is 2.76. The monoisotopic (exact) mass is 263 g/mol. The van der Waals surface area contributed by atoms with Crippen LogP contribution >= 0.6 is 11.3 Å². The molecular weight excluding hydrogens is 249 g/mol. The number of hydrogen-bond acceptors (Lipinski definition) is 3. The van der Waals surface area contributed by atoms with Crippen molar-refractivity contribution < 1.29 is 9.18 Å². The Hall–Kier alpha value is -1.68. The maximum Gasteiger partial charge on any atom is 0.205 e. The molecule has 0 amide bonds. The molecule has 0 aliphatic rings. The second kappa shape index (κ2) is 4.90. The van der Waals surface area contributed by atoms with Crippen molar-refractivity contribution in [1.29, 1.82) is 0 Å². The van der Waals surface area contributed by atoms with Crippen LogP contribution < -0.4 is 5.73 Å². The van der Waals surface area contributed by atoms with E-state index in [1.54, 1.807) is 13.0 Å². The van der Waals surface area contributed by atoms with Gasteiger partial charge in [0.15, 0.2) is 0 Å². The quantitative estimate of drug-likeness (QED) is 0.679. The van der Waals surface area contributed by atoms with Gasteiger partial charge in [-0.05, 0) is 43.2 Å². The first kappa shape index (κ1) is 12.8. The summed E-state index contributed by atoms with van der Waals surface area (Å²) in [5.41, 5.74) is 6.51. The zero-order valence-corrected chi connectivity index (χ0v) is 11.1. The van der Waals surface area contributed by atoms with Gasteiger partial charge in [0.2, 0.25) is 5.78 Å². The van der Waals surface area contributed by atoms with Gasteiger partial charge in [0.25, 0.3) is 0 Å². The summed E-state index contributed by atoms with van der Waals surface area (Å²) in [5.74, 6) is -0.784. The van der Waals surface area contributed by atoms with Crippen LogP contribution in [0.3, 0.4) is 0 Å². The maximum atomic E-state index is 13.9. The number of halogens is 1. The molecule has 2 N–H and O–H groups in total. The topological polar surface area (TPSA) is 43.1 Å². The van der Waals surface area contributed by atoms with Gasteiger partial charge in [0.05, 0.1) is 10.4 Å². The number of anilines is 1. The van der Waals surface area contributed by atoms with Gasteiger partial charge in [0.1, 0.15) is 5.82 Å². The lowest BCUT2D eigenvalue weighted by Gasteiger charge is -2.05. The van der Waals surface area contributed by atoms with E-state index in [0.717, 1.165) is 11.3 Å². The summed E-state index contributed by atoms with van der Waals surface area (Å²) < 4.78 is 13.9.